The van der Waals surface area contributed by atoms with Gasteiger partial charge in [-0.05, 0) is 36.3 Å². The lowest BCUT2D eigenvalue weighted by molar-refractivity contribution is -0.128. The molecule has 7 nitrogen and oxygen atoms in total. The first kappa shape index (κ1) is 17.7. The Balaban J connectivity index is 1.85. The van der Waals surface area contributed by atoms with Crippen molar-refractivity contribution in [3.63, 3.8) is 0 Å². The molecule has 2 saturated carbocycles. The van der Waals surface area contributed by atoms with Crippen molar-refractivity contribution < 1.29 is 28.2 Å². The molecule has 25 heavy (non-hydrogen) atoms. The highest BCUT2D eigenvalue weighted by Gasteiger charge is 2.65. The lowest BCUT2D eigenvalue weighted by Crippen LogP contribution is -2.43. The number of benzene rings is 1. The summed E-state index contributed by atoms with van der Waals surface area (Å²) in [6.45, 7) is 3.91. The molecule has 0 spiro atoms. The third kappa shape index (κ3) is 2.68. The van der Waals surface area contributed by atoms with E-state index in [4.69, 9.17) is 5.11 Å². The number of Topliss-reactive ketones (excluding diaryl/α,β-unsaturated/α-hetero) is 1. The van der Waals surface area contributed by atoms with E-state index < -0.39 is 27.2 Å². The largest absolute Gasteiger partial charge is 0.507 e. The third-order valence-corrected chi connectivity index (χ3v) is 7.50. The normalized spacial score (nSPS) is 27.4. The zero-order valence-electron chi connectivity index (χ0n) is 14.1. The third-order valence-electron chi connectivity index (χ3n) is 6.08. The molecule has 2 atom stereocenters. The number of sulfonamides is 1. The van der Waals surface area contributed by atoms with Crippen LogP contribution in [0, 0.1) is 16.7 Å². The van der Waals surface area contributed by atoms with Crippen molar-refractivity contribution in [3.8, 4) is 5.75 Å². The van der Waals surface area contributed by atoms with Gasteiger partial charge in [0.05, 0.1) is 16.9 Å². The maximum absolute atomic E-state index is 12.6. The predicted octanol–water partition coefficient (Wildman–Crippen LogP) is 2.23. The SMILES string of the molecule is CC1(C)[C@H]2CC[C@@]1(CS(=O)(=O)Nc1ccc(C(=O)O)c(O)c1)C(=O)C2. The molecule has 2 bridgehead atoms. The van der Waals surface area contributed by atoms with E-state index in [0.29, 0.717) is 12.8 Å². The summed E-state index contributed by atoms with van der Waals surface area (Å²) in [6, 6.07) is 3.46. The molecule has 2 aliphatic carbocycles. The number of rotatable bonds is 5. The molecule has 0 amide bonds. The van der Waals surface area contributed by atoms with Gasteiger partial charge in [0.15, 0.2) is 0 Å². The van der Waals surface area contributed by atoms with Gasteiger partial charge in [-0.3, -0.25) is 9.52 Å². The van der Waals surface area contributed by atoms with Crippen LogP contribution in [0.3, 0.4) is 0 Å². The minimum Gasteiger partial charge on any atom is -0.507 e. The second-order valence-electron chi connectivity index (χ2n) is 7.56. The van der Waals surface area contributed by atoms with Gasteiger partial charge in [0, 0.05) is 12.5 Å². The van der Waals surface area contributed by atoms with Crippen molar-refractivity contribution in [1.82, 2.24) is 0 Å². The monoisotopic (exact) mass is 367 g/mol. The molecule has 8 heteroatoms. The average molecular weight is 367 g/mol. The first-order valence-electron chi connectivity index (χ1n) is 8.09. The Bertz CT molecular complexity index is 860. The fourth-order valence-electron chi connectivity index (χ4n) is 4.42. The van der Waals surface area contributed by atoms with Gasteiger partial charge >= 0.3 is 5.97 Å². The standard InChI is InChI=1S/C17H21NO6S/c1-16(2)10-5-6-17(16,14(20)7-10)9-25(23,24)18-11-3-4-12(15(21)22)13(19)8-11/h3-4,8,10,18-19H,5-7,9H2,1-2H3,(H,21,22)/t10-,17+/m0/s1. The van der Waals surface area contributed by atoms with Crippen LogP contribution in [0.4, 0.5) is 5.69 Å². The highest BCUT2D eigenvalue weighted by Crippen LogP contribution is 2.64. The Kier molecular flexibility index (Phi) is 3.87. The van der Waals surface area contributed by atoms with E-state index >= 15 is 0 Å². The molecule has 1 aromatic rings. The summed E-state index contributed by atoms with van der Waals surface area (Å²) in [5.41, 5.74) is -1.50. The number of anilines is 1. The molecule has 0 radical (unpaired) electrons. The van der Waals surface area contributed by atoms with Gasteiger partial charge in [0.1, 0.15) is 17.1 Å². The van der Waals surface area contributed by atoms with E-state index in [1.165, 1.54) is 6.07 Å². The Hall–Kier alpha value is -2.09. The number of carboxylic acids is 1. The minimum atomic E-state index is -3.85. The summed E-state index contributed by atoms with van der Waals surface area (Å²) in [5.74, 6) is -1.91. The van der Waals surface area contributed by atoms with Gasteiger partial charge in [-0.15, -0.1) is 0 Å². The number of aromatic carboxylic acids is 1. The predicted molar refractivity (Wildman–Crippen MR) is 91.0 cm³/mol. The van der Waals surface area contributed by atoms with Gasteiger partial charge in [-0.25, -0.2) is 13.2 Å². The van der Waals surface area contributed by atoms with Crippen LogP contribution in [0.1, 0.15) is 43.5 Å². The maximum atomic E-state index is 12.6. The summed E-state index contributed by atoms with van der Waals surface area (Å²) < 4.78 is 27.6. The number of carbonyl (C=O) groups excluding carboxylic acids is 1. The quantitative estimate of drug-likeness (QED) is 0.734. The van der Waals surface area contributed by atoms with E-state index in [2.05, 4.69) is 4.72 Å². The Morgan fingerprint density at radius 3 is 2.52 bits per heavy atom. The fraction of sp³-hybridized carbons (Fsp3) is 0.529. The maximum Gasteiger partial charge on any atom is 0.339 e. The minimum absolute atomic E-state index is 0.00296. The van der Waals surface area contributed by atoms with E-state index in [-0.39, 0.29) is 34.1 Å². The molecule has 3 rings (SSSR count). The number of carboxylic acid groups (broad SMARTS) is 1. The molecular weight excluding hydrogens is 346 g/mol. The van der Waals surface area contributed by atoms with Crippen molar-refractivity contribution in [2.75, 3.05) is 10.5 Å². The van der Waals surface area contributed by atoms with Gasteiger partial charge in [0.2, 0.25) is 10.0 Å². The van der Waals surface area contributed by atoms with E-state index in [1.54, 1.807) is 0 Å². The molecule has 136 valence electrons. The topological polar surface area (TPSA) is 121 Å². The second kappa shape index (κ2) is 5.45. The number of aromatic hydroxyl groups is 1. The van der Waals surface area contributed by atoms with E-state index in [9.17, 15) is 23.1 Å². The number of hydrogen-bond acceptors (Lipinski definition) is 5. The molecule has 0 saturated heterocycles. The molecule has 0 aliphatic heterocycles. The lowest BCUT2D eigenvalue weighted by atomic mass is 9.70. The lowest BCUT2D eigenvalue weighted by Gasteiger charge is -2.36. The zero-order valence-corrected chi connectivity index (χ0v) is 14.9. The number of ketones is 1. The zero-order chi connectivity index (χ0) is 18.6. The van der Waals surface area contributed by atoms with Crippen LogP contribution >= 0.6 is 0 Å². The highest BCUT2D eigenvalue weighted by atomic mass is 32.2. The fourth-order valence-corrected chi connectivity index (χ4v) is 6.31. The van der Waals surface area contributed by atoms with Gasteiger partial charge < -0.3 is 10.2 Å². The van der Waals surface area contributed by atoms with Crippen molar-refractivity contribution in [2.24, 2.45) is 16.7 Å². The second-order valence-corrected chi connectivity index (χ2v) is 9.29. The van der Waals surface area contributed by atoms with Crippen LogP contribution in [0.25, 0.3) is 0 Å². The van der Waals surface area contributed by atoms with Crippen LogP contribution < -0.4 is 4.72 Å². The Morgan fingerprint density at radius 1 is 1.36 bits per heavy atom. The Morgan fingerprint density at radius 2 is 2.04 bits per heavy atom. The number of fused-ring (bicyclic) bond motifs is 2. The smallest absolute Gasteiger partial charge is 0.339 e. The van der Waals surface area contributed by atoms with Crippen molar-refractivity contribution in [3.05, 3.63) is 23.8 Å². The van der Waals surface area contributed by atoms with Crippen LogP contribution in [-0.2, 0) is 14.8 Å². The number of hydrogen-bond donors (Lipinski definition) is 3. The molecule has 3 N–H and O–H groups in total. The van der Waals surface area contributed by atoms with Crippen LogP contribution in [0.5, 0.6) is 5.75 Å². The van der Waals surface area contributed by atoms with Crippen LogP contribution in [0.15, 0.2) is 18.2 Å². The Labute approximate surface area is 146 Å². The molecule has 0 unspecified atom stereocenters. The van der Waals surface area contributed by atoms with Crippen LogP contribution in [-0.4, -0.2) is 36.1 Å². The summed E-state index contributed by atoms with van der Waals surface area (Å²) >= 11 is 0. The molecule has 2 aliphatic rings. The molecule has 1 aromatic carbocycles. The van der Waals surface area contributed by atoms with Crippen molar-refractivity contribution >= 4 is 27.5 Å². The molecular formula is C17H21NO6S. The first-order chi connectivity index (χ1) is 11.5. The van der Waals surface area contributed by atoms with Crippen molar-refractivity contribution in [1.29, 1.82) is 0 Å². The van der Waals surface area contributed by atoms with Crippen molar-refractivity contribution in [2.45, 2.75) is 33.1 Å². The van der Waals surface area contributed by atoms with Gasteiger partial charge in [-0.2, -0.15) is 0 Å². The number of carbonyl (C=O) groups is 2. The van der Waals surface area contributed by atoms with E-state index in [1.807, 2.05) is 13.8 Å². The number of phenols is 1. The molecule has 0 aromatic heterocycles. The molecule has 2 fully saturated rings. The van der Waals surface area contributed by atoms with Gasteiger partial charge in [0.25, 0.3) is 0 Å². The molecule has 0 heterocycles. The summed E-state index contributed by atoms with van der Waals surface area (Å²) in [6.07, 6.45) is 1.84. The summed E-state index contributed by atoms with van der Waals surface area (Å²) in [5, 5.41) is 18.6. The average Bonchev–Trinajstić information content (AvgIpc) is 2.80. The number of nitrogens with one attached hydrogen (secondary N) is 1. The van der Waals surface area contributed by atoms with Gasteiger partial charge in [-0.1, -0.05) is 13.8 Å². The first-order valence-corrected chi connectivity index (χ1v) is 9.74. The summed E-state index contributed by atoms with van der Waals surface area (Å²) in [4.78, 5) is 23.4. The van der Waals surface area contributed by atoms with E-state index in [0.717, 1.165) is 18.6 Å². The highest BCUT2D eigenvalue weighted by molar-refractivity contribution is 7.92. The summed E-state index contributed by atoms with van der Waals surface area (Å²) in [7, 11) is -3.85. The van der Waals surface area contributed by atoms with Crippen LogP contribution in [0.2, 0.25) is 0 Å².